The molecule has 0 aliphatic carbocycles. The molecule has 0 amide bonds. The van der Waals surface area contributed by atoms with Crippen LogP contribution in [-0.4, -0.2) is 6.26 Å². The lowest BCUT2D eigenvalue weighted by Crippen LogP contribution is -1.90. The number of hydrogen-bond donors (Lipinski definition) is 0. The van der Waals surface area contributed by atoms with E-state index in [0.29, 0.717) is 5.25 Å². The second-order valence-electron chi connectivity index (χ2n) is 2.66. The highest BCUT2D eigenvalue weighted by Gasteiger charge is 2.05. The second kappa shape index (κ2) is 5.04. The second-order valence-corrected chi connectivity index (χ2v) is 3.70. The molecule has 1 heteroatoms. The summed E-state index contributed by atoms with van der Waals surface area (Å²) in [6.07, 6.45) is 5.17. The zero-order valence-electron chi connectivity index (χ0n) is 7.36. The number of rotatable bonds is 4. The molecule has 0 bridgehead atoms. The molecule has 0 aliphatic heterocycles. The fraction of sp³-hybridized carbons (Fsp3) is 0.273. The van der Waals surface area contributed by atoms with Gasteiger partial charge < -0.3 is 0 Å². The van der Waals surface area contributed by atoms with Gasteiger partial charge in [-0.1, -0.05) is 36.4 Å². The third-order valence-electron chi connectivity index (χ3n) is 1.84. The predicted molar refractivity (Wildman–Crippen MR) is 57.5 cm³/mol. The van der Waals surface area contributed by atoms with Gasteiger partial charge in [0.05, 0.1) is 0 Å². The average molecular weight is 178 g/mol. The van der Waals surface area contributed by atoms with E-state index >= 15 is 0 Å². The summed E-state index contributed by atoms with van der Waals surface area (Å²) in [6.45, 7) is 3.76. The van der Waals surface area contributed by atoms with E-state index in [1.165, 1.54) is 5.56 Å². The zero-order chi connectivity index (χ0) is 8.81. The maximum atomic E-state index is 3.76. The largest absolute Gasteiger partial charge is 0.157 e. The Balaban J connectivity index is 2.72. The fourth-order valence-electron chi connectivity index (χ4n) is 1.19. The molecule has 1 atom stereocenters. The third kappa shape index (κ3) is 2.42. The highest BCUT2D eigenvalue weighted by molar-refractivity contribution is 7.98. The molecule has 64 valence electrons. The van der Waals surface area contributed by atoms with E-state index in [1.807, 2.05) is 17.8 Å². The molecule has 1 aromatic rings. The molecule has 12 heavy (non-hydrogen) atoms. The first kappa shape index (κ1) is 9.40. The predicted octanol–water partition coefficient (Wildman–Crippen LogP) is 3.67. The lowest BCUT2D eigenvalue weighted by molar-refractivity contribution is 0.975. The summed E-state index contributed by atoms with van der Waals surface area (Å²) in [5, 5.41) is 0.573. The molecular weight excluding hydrogens is 164 g/mol. The van der Waals surface area contributed by atoms with Crippen molar-refractivity contribution < 1.29 is 0 Å². The number of allylic oxidation sites excluding steroid dienone is 1. The van der Waals surface area contributed by atoms with Crippen LogP contribution in [0, 0.1) is 0 Å². The Hall–Kier alpha value is -0.690. The number of thioether (sulfide) groups is 1. The van der Waals surface area contributed by atoms with Gasteiger partial charge in [-0.05, 0) is 18.2 Å². The van der Waals surface area contributed by atoms with Crippen LogP contribution in [0.3, 0.4) is 0 Å². The molecule has 0 fully saturated rings. The Labute approximate surface area is 78.7 Å². The van der Waals surface area contributed by atoms with Gasteiger partial charge in [0.25, 0.3) is 0 Å². The van der Waals surface area contributed by atoms with Crippen molar-refractivity contribution in [3.05, 3.63) is 48.6 Å². The van der Waals surface area contributed by atoms with E-state index in [-0.39, 0.29) is 0 Å². The molecule has 0 spiro atoms. The Morgan fingerprint density at radius 2 is 2.08 bits per heavy atom. The van der Waals surface area contributed by atoms with Crippen LogP contribution in [0.2, 0.25) is 0 Å². The minimum Gasteiger partial charge on any atom is -0.157 e. The molecule has 0 N–H and O–H groups in total. The average Bonchev–Trinajstić information content (AvgIpc) is 2.15. The molecule has 1 aromatic carbocycles. The lowest BCUT2D eigenvalue weighted by atomic mass is 10.1. The van der Waals surface area contributed by atoms with Crippen molar-refractivity contribution in [1.82, 2.24) is 0 Å². The quantitative estimate of drug-likeness (QED) is 0.634. The number of hydrogen-bond acceptors (Lipinski definition) is 1. The monoisotopic (exact) mass is 178 g/mol. The van der Waals surface area contributed by atoms with Crippen LogP contribution in [0.15, 0.2) is 43.0 Å². The van der Waals surface area contributed by atoms with Crippen molar-refractivity contribution in [2.75, 3.05) is 6.26 Å². The van der Waals surface area contributed by atoms with E-state index in [2.05, 4.69) is 43.2 Å². The Bertz CT molecular complexity index is 228. The SMILES string of the molecule is C=CCC(SC)c1ccccc1. The topological polar surface area (TPSA) is 0 Å². The normalized spacial score (nSPS) is 12.4. The van der Waals surface area contributed by atoms with E-state index in [0.717, 1.165) is 6.42 Å². The molecule has 0 radical (unpaired) electrons. The van der Waals surface area contributed by atoms with E-state index in [1.54, 1.807) is 0 Å². The Morgan fingerprint density at radius 3 is 2.58 bits per heavy atom. The van der Waals surface area contributed by atoms with Gasteiger partial charge in [0, 0.05) is 5.25 Å². The minimum atomic E-state index is 0.573. The first-order valence-electron chi connectivity index (χ1n) is 4.07. The summed E-state index contributed by atoms with van der Waals surface area (Å²) < 4.78 is 0. The van der Waals surface area contributed by atoms with E-state index in [9.17, 15) is 0 Å². The van der Waals surface area contributed by atoms with Gasteiger partial charge in [-0.2, -0.15) is 11.8 Å². The third-order valence-corrected chi connectivity index (χ3v) is 2.87. The van der Waals surface area contributed by atoms with Gasteiger partial charge in [0.15, 0.2) is 0 Å². The maximum Gasteiger partial charge on any atom is 0.0328 e. The van der Waals surface area contributed by atoms with Gasteiger partial charge in [-0.15, -0.1) is 6.58 Å². The van der Waals surface area contributed by atoms with Crippen LogP contribution < -0.4 is 0 Å². The first-order chi connectivity index (χ1) is 5.88. The molecule has 0 aromatic heterocycles. The van der Waals surface area contributed by atoms with Crippen LogP contribution in [-0.2, 0) is 0 Å². The highest BCUT2D eigenvalue weighted by atomic mass is 32.2. The van der Waals surface area contributed by atoms with Crippen LogP contribution >= 0.6 is 11.8 Å². The summed E-state index contributed by atoms with van der Waals surface area (Å²) in [5.41, 5.74) is 1.39. The van der Waals surface area contributed by atoms with Crippen molar-refractivity contribution in [3.63, 3.8) is 0 Å². The van der Waals surface area contributed by atoms with Crippen molar-refractivity contribution in [1.29, 1.82) is 0 Å². The smallest absolute Gasteiger partial charge is 0.0328 e. The van der Waals surface area contributed by atoms with Crippen LogP contribution in [0.5, 0.6) is 0 Å². The van der Waals surface area contributed by atoms with Gasteiger partial charge in [-0.25, -0.2) is 0 Å². The summed E-state index contributed by atoms with van der Waals surface area (Å²) in [6, 6.07) is 10.6. The van der Waals surface area contributed by atoms with Gasteiger partial charge in [0.1, 0.15) is 0 Å². The Kier molecular flexibility index (Phi) is 3.95. The van der Waals surface area contributed by atoms with Crippen molar-refractivity contribution in [2.24, 2.45) is 0 Å². The highest BCUT2D eigenvalue weighted by Crippen LogP contribution is 2.29. The van der Waals surface area contributed by atoms with Crippen molar-refractivity contribution >= 4 is 11.8 Å². The molecule has 1 unspecified atom stereocenters. The van der Waals surface area contributed by atoms with Crippen molar-refractivity contribution in [3.8, 4) is 0 Å². The Morgan fingerprint density at radius 1 is 1.42 bits per heavy atom. The maximum absolute atomic E-state index is 3.76. The minimum absolute atomic E-state index is 0.573. The number of benzene rings is 1. The van der Waals surface area contributed by atoms with Gasteiger partial charge in [-0.3, -0.25) is 0 Å². The van der Waals surface area contributed by atoms with Crippen LogP contribution in [0.4, 0.5) is 0 Å². The van der Waals surface area contributed by atoms with Crippen LogP contribution in [0.1, 0.15) is 17.2 Å². The van der Waals surface area contributed by atoms with E-state index < -0.39 is 0 Å². The summed E-state index contributed by atoms with van der Waals surface area (Å²) in [5.74, 6) is 0. The summed E-state index contributed by atoms with van der Waals surface area (Å²) in [4.78, 5) is 0. The first-order valence-corrected chi connectivity index (χ1v) is 5.36. The van der Waals surface area contributed by atoms with E-state index in [4.69, 9.17) is 0 Å². The molecule has 0 nitrogen and oxygen atoms in total. The molecule has 0 saturated heterocycles. The fourth-order valence-corrected chi connectivity index (χ4v) is 1.95. The molecule has 1 rings (SSSR count). The van der Waals surface area contributed by atoms with Gasteiger partial charge >= 0.3 is 0 Å². The summed E-state index contributed by atoms with van der Waals surface area (Å²) in [7, 11) is 0. The molecular formula is C11H14S. The molecule has 0 saturated carbocycles. The van der Waals surface area contributed by atoms with Gasteiger partial charge in [0.2, 0.25) is 0 Å². The molecule has 0 aliphatic rings. The van der Waals surface area contributed by atoms with Crippen molar-refractivity contribution in [2.45, 2.75) is 11.7 Å². The summed E-state index contributed by atoms with van der Waals surface area (Å²) >= 11 is 1.88. The standard InChI is InChI=1S/C11H14S/c1-3-7-11(12-2)10-8-5-4-6-9-10/h3-6,8-9,11H,1,7H2,2H3. The van der Waals surface area contributed by atoms with Crippen LogP contribution in [0.25, 0.3) is 0 Å². The lowest BCUT2D eigenvalue weighted by Gasteiger charge is -2.11. The zero-order valence-corrected chi connectivity index (χ0v) is 8.18. The molecule has 0 heterocycles.